The standard InChI is InChI=1S/C16H17BrN2O3/c1-9(20)12-8-18-13-6-5-10(17)7-11(13)14(12)19-15(21)22-16(2,3)4/h5-8H,1-4H3,(H,18,19,21). The quantitative estimate of drug-likeness (QED) is 0.793. The number of Topliss-reactive ketones (excluding diaryl/α,β-unsaturated/α-hetero) is 1. The molecule has 0 aliphatic carbocycles. The van der Waals surface area contributed by atoms with Crippen molar-refractivity contribution in [3.8, 4) is 0 Å². The van der Waals surface area contributed by atoms with Crippen molar-refractivity contribution in [2.45, 2.75) is 33.3 Å². The Morgan fingerprint density at radius 3 is 2.55 bits per heavy atom. The van der Waals surface area contributed by atoms with Crippen LogP contribution in [0.5, 0.6) is 0 Å². The van der Waals surface area contributed by atoms with Crippen LogP contribution in [-0.4, -0.2) is 22.5 Å². The molecule has 5 nitrogen and oxygen atoms in total. The van der Waals surface area contributed by atoms with Crippen molar-refractivity contribution in [2.75, 3.05) is 5.32 Å². The Morgan fingerprint density at radius 1 is 1.27 bits per heavy atom. The second-order valence-corrected chi connectivity index (χ2v) is 6.81. The van der Waals surface area contributed by atoms with Crippen LogP contribution in [0.1, 0.15) is 38.1 Å². The van der Waals surface area contributed by atoms with Crippen LogP contribution < -0.4 is 5.32 Å². The SMILES string of the molecule is CC(=O)c1cnc2ccc(Br)cc2c1NC(=O)OC(C)(C)C. The Bertz CT molecular complexity index is 751. The molecule has 1 aromatic heterocycles. The van der Waals surface area contributed by atoms with E-state index in [1.807, 2.05) is 18.2 Å². The first kappa shape index (κ1) is 16.4. The van der Waals surface area contributed by atoms with E-state index in [1.165, 1.54) is 13.1 Å². The molecule has 1 amide bonds. The summed E-state index contributed by atoms with van der Waals surface area (Å²) in [6, 6.07) is 5.46. The van der Waals surface area contributed by atoms with E-state index >= 15 is 0 Å². The Morgan fingerprint density at radius 2 is 1.95 bits per heavy atom. The molecular weight excluding hydrogens is 348 g/mol. The number of rotatable bonds is 2. The molecule has 0 aliphatic rings. The molecular formula is C16H17BrN2O3. The maximum Gasteiger partial charge on any atom is 0.412 e. The molecule has 0 unspecified atom stereocenters. The van der Waals surface area contributed by atoms with Crippen molar-refractivity contribution in [2.24, 2.45) is 0 Å². The molecule has 2 rings (SSSR count). The van der Waals surface area contributed by atoms with E-state index in [1.54, 1.807) is 20.8 Å². The first-order valence-electron chi connectivity index (χ1n) is 6.76. The number of aromatic nitrogens is 1. The third kappa shape index (κ3) is 3.82. The van der Waals surface area contributed by atoms with Crippen molar-refractivity contribution in [3.63, 3.8) is 0 Å². The van der Waals surface area contributed by atoms with Crippen molar-refractivity contribution in [3.05, 3.63) is 34.4 Å². The van der Waals surface area contributed by atoms with Gasteiger partial charge in [-0.3, -0.25) is 15.1 Å². The van der Waals surface area contributed by atoms with Gasteiger partial charge in [0.25, 0.3) is 0 Å². The average molecular weight is 365 g/mol. The summed E-state index contributed by atoms with van der Waals surface area (Å²) in [4.78, 5) is 28.1. The summed E-state index contributed by atoms with van der Waals surface area (Å²) in [7, 11) is 0. The number of benzene rings is 1. The first-order valence-corrected chi connectivity index (χ1v) is 7.56. The molecule has 0 spiro atoms. The van der Waals surface area contributed by atoms with Crippen LogP contribution in [0.4, 0.5) is 10.5 Å². The second-order valence-electron chi connectivity index (χ2n) is 5.89. The summed E-state index contributed by atoms with van der Waals surface area (Å²) in [5.41, 5.74) is 0.813. The number of hydrogen-bond acceptors (Lipinski definition) is 4. The van der Waals surface area contributed by atoms with Gasteiger partial charge in [-0.05, 0) is 45.9 Å². The summed E-state index contributed by atoms with van der Waals surface area (Å²) in [6.45, 7) is 6.76. The van der Waals surface area contributed by atoms with E-state index < -0.39 is 11.7 Å². The summed E-state index contributed by atoms with van der Waals surface area (Å²) >= 11 is 3.39. The van der Waals surface area contributed by atoms with Crippen LogP contribution in [0, 0.1) is 0 Å². The fourth-order valence-corrected chi connectivity index (χ4v) is 2.33. The van der Waals surface area contributed by atoms with Crippen molar-refractivity contribution >= 4 is 44.4 Å². The van der Waals surface area contributed by atoms with E-state index in [9.17, 15) is 9.59 Å². The lowest BCUT2D eigenvalue weighted by Gasteiger charge is -2.20. The maximum absolute atomic E-state index is 12.1. The number of carbonyl (C=O) groups is 2. The molecule has 0 saturated heterocycles. The fourth-order valence-electron chi connectivity index (χ4n) is 1.97. The zero-order chi connectivity index (χ0) is 16.5. The Balaban J connectivity index is 2.53. The van der Waals surface area contributed by atoms with Crippen molar-refractivity contribution in [1.29, 1.82) is 0 Å². The van der Waals surface area contributed by atoms with E-state index in [4.69, 9.17) is 4.74 Å². The number of amides is 1. The number of pyridine rings is 1. The third-order valence-electron chi connectivity index (χ3n) is 2.84. The van der Waals surface area contributed by atoms with E-state index in [2.05, 4.69) is 26.2 Å². The van der Waals surface area contributed by atoms with Gasteiger partial charge in [-0.15, -0.1) is 0 Å². The molecule has 1 aromatic carbocycles. The Kier molecular flexibility index (Phi) is 4.51. The number of carbonyl (C=O) groups excluding carboxylic acids is 2. The number of ketones is 1. The molecule has 0 saturated carbocycles. The molecule has 0 fully saturated rings. The zero-order valence-corrected chi connectivity index (χ0v) is 14.4. The van der Waals surface area contributed by atoms with Crippen molar-refractivity contribution < 1.29 is 14.3 Å². The molecule has 22 heavy (non-hydrogen) atoms. The first-order chi connectivity index (χ1) is 10.2. The minimum Gasteiger partial charge on any atom is -0.444 e. The summed E-state index contributed by atoms with van der Waals surface area (Å²) < 4.78 is 6.09. The highest BCUT2D eigenvalue weighted by molar-refractivity contribution is 9.10. The van der Waals surface area contributed by atoms with Crippen LogP contribution in [0.15, 0.2) is 28.9 Å². The number of nitrogens with zero attached hydrogens (tertiary/aromatic N) is 1. The predicted molar refractivity (Wildman–Crippen MR) is 89.3 cm³/mol. The van der Waals surface area contributed by atoms with Gasteiger partial charge >= 0.3 is 6.09 Å². The molecule has 116 valence electrons. The molecule has 1 heterocycles. The smallest absolute Gasteiger partial charge is 0.412 e. The number of ether oxygens (including phenoxy) is 1. The number of anilines is 1. The molecule has 0 bridgehead atoms. The Labute approximate surface area is 137 Å². The van der Waals surface area contributed by atoms with Gasteiger partial charge in [-0.1, -0.05) is 15.9 Å². The number of nitrogens with one attached hydrogen (secondary N) is 1. The topological polar surface area (TPSA) is 68.3 Å². The molecule has 6 heteroatoms. The fraction of sp³-hybridized carbons (Fsp3) is 0.312. The lowest BCUT2D eigenvalue weighted by Crippen LogP contribution is -2.27. The molecule has 2 aromatic rings. The highest BCUT2D eigenvalue weighted by Crippen LogP contribution is 2.29. The van der Waals surface area contributed by atoms with Crippen molar-refractivity contribution in [1.82, 2.24) is 4.98 Å². The maximum atomic E-state index is 12.1. The van der Waals surface area contributed by atoms with Crippen LogP contribution in [0.25, 0.3) is 10.9 Å². The van der Waals surface area contributed by atoms with Gasteiger partial charge in [0.05, 0.1) is 16.8 Å². The highest BCUT2D eigenvalue weighted by atomic mass is 79.9. The molecule has 0 radical (unpaired) electrons. The van der Waals surface area contributed by atoms with Crippen LogP contribution in [0.2, 0.25) is 0 Å². The van der Waals surface area contributed by atoms with Gasteiger partial charge in [0.1, 0.15) is 5.60 Å². The van der Waals surface area contributed by atoms with Gasteiger partial charge in [0.2, 0.25) is 0 Å². The van der Waals surface area contributed by atoms with Crippen LogP contribution >= 0.6 is 15.9 Å². The third-order valence-corrected chi connectivity index (χ3v) is 3.33. The van der Waals surface area contributed by atoms with Crippen LogP contribution in [0.3, 0.4) is 0 Å². The lowest BCUT2D eigenvalue weighted by molar-refractivity contribution is 0.0636. The normalized spacial score (nSPS) is 11.3. The molecule has 0 aliphatic heterocycles. The summed E-state index contributed by atoms with van der Waals surface area (Å²) in [5, 5.41) is 3.35. The minimum atomic E-state index is -0.621. The van der Waals surface area contributed by atoms with Gasteiger partial charge in [-0.2, -0.15) is 0 Å². The number of halogens is 1. The monoisotopic (exact) mass is 364 g/mol. The second kappa shape index (κ2) is 6.04. The number of hydrogen-bond donors (Lipinski definition) is 1. The predicted octanol–water partition coefficient (Wildman–Crippen LogP) is 4.55. The molecule has 0 atom stereocenters. The van der Waals surface area contributed by atoms with E-state index in [0.717, 1.165) is 4.47 Å². The Hall–Kier alpha value is -1.95. The van der Waals surface area contributed by atoms with E-state index in [-0.39, 0.29) is 5.78 Å². The lowest BCUT2D eigenvalue weighted by atomic mass is 10.1. The highest BCUT2D eigenvalue weighted by Gasteiger charge is 2.20. The van der Waals surface area contributed by atoms with Crippen LogP contribution in [-0.2, 0) is 4.74 Å². The largest absolute Gasteiger partial charge is 0.444 e. The minimum absolute atomic E-state index is 0.180. The summed E-state index contributed by atoms with van der Waals surface area (Å²) in [5.74, 6) is -0.180. The zero-order valence-electron chi connectivity index (χ0n) is 12.9. The van der Waals surface area contributed by atoms with Gasteiger partial charge in [0, 0.05) is 16.1 Å². The van der Waals surface area contributed by atoms with E-state index in [0.29, 0.717) is 22.2 Å². The van der Waals surface area contributed by atoms with Gasteiger partial charge in [-0.25, -0.2) is 4.79 Å². The molecule has 1 N–H and O–H groups in total. The number of fused-ring (bicyclic) bond motifs is 1. The summed E-state index contributed by atoms with van der Waals surface area (Å²) in [6.07, 6.45) is 0.855. The van der Waals surface area contributed by atoms with Gasteiger partial charge in [0.15, 0.2) is 5.78 Å². The average Bonchev–Trinajstić information content (AvgIpc) is 2.36. The van der Waals surface area contributed by atoms with Gasteiger partial charge < -0.3 is 4.74 Å².